The maximum Gasteiger partial charge on any atom is 0.326 e. The van der Waals surface area contributed by atoms with Crippen molar-refractivity contribution in [3.63, 3.8) is 0 Å². The Hall–Kier alpha value is -1.62. The smallest absolute Gasteiger partial charge is 0.326 e. The summed E-state index contributed by atoms with van der Waals surface area (Å²) in [5.74, 6) is -0.542. The van der Waals surface area contributed by atoms with E-state index in [0.717, 1.165) is 0 Å². The molecule has 0 bridgehead atoms. The van der Waals surface area contributed by atoms with Crippen LogP contribution in [0.1, 0.15) is 12.5 Å². The number of ether oxygens (including phenoxy) is 2. The molecule has 17 heavy (non-hydrogen) atoms. The zero-order valence-electron chi connectivity index (χ0n) is 9.90. The minimum atomic E-state index is -0.862. The van der Waals surface area contributed by atoms with Gasteiger partial charge in [-0.25, -0.2) is 4.39 Å². The van der Waals surface area contributed by atoms with E-state index < -0.39 is 12.0 Å². The SMILES string of the molecule is CCOC(=O)C(N)COc1ccc(C)c(F)c1. The van der Waals surface area contributed by atoms with Gasteiger partial charge in [0.2, 0.25) is 0 Å². The summed E-state index contributed by atoms with van der Waals surface area (Å²) in [5.41, 5.74) is 6.06. The van der Waals surface area contributed by atoms with E-state index >= 15 is 0 Å². The standard InChI is InChI=1S/C12H16FNO3/c1-3-16-12(15)11(14)7-17-9-5-4-8(2)10(13)6-9/h4-6,11H,3,7,14H2,1-2H3. The minimum absolute atomic E-state index is 0.0403. The number of carbonyl (C=O) groups is 1. The van der Waals surface area contributed by atoms with Crippen molar-refractivity contribution in [1.82, 2.24) is 0 Å². The second-order valence-electron chi connectivity index (χ2n) is 3.58. The largest absolute Gasteiger partial charge is 0.491 e. The first-order valence-corrected chi connectivity index (χ1v) is 5.35. The minimum Gasteiger partial charge on any atom is -0.491 e. The molecular weight excluding hydrogens is 225 g/mol. The molecule has 0 heterocycles. The fourth-order valence-corrected chi connectivity index (χ4v) is 1.17. The highest BCUT2D eigenvalue weighted by Crippen LogP contribution is 2.15. The van der Waals surface area contributed by atoms with Crippen molar-refractivity contribution in [3.8, 4) is 5.75 Å². The van der Waals surface area contributed by atoms with E-state index in [9.17, 15) is 9.18 Å². The number of benzene rings is 1. The molecule has 0 fully saturated rings. The number of rotatable bonds is 5. The number of hydrogen-bond acceptors (Lipinski definition) is 4. The molecule has 4 nitrogen and oxygen atoms in total. The number of aryl methyl sites for hydroxylation is 1. The fraction of sp³-hybridized carbons (Fsp3) is 0.417. The molecule has 2 N–H and O–H groups in total. The highest BCUT2D eigenvalue weighted by molar-refractivity contribution is 5.75. The third-order valence-electron chi connectivity index (χ3n) is 2.16. The summed E-state index contributed by atoms with van der Waals surface area (Å²) < 4.78 is 23.1. The van der Waals surface area contributed by atoms with Crippen LogP contribution in [-0.4, -0.2) is 25.2 Å². The maximum absolute atomic E-state index is 13.2. The van der Waals surface area contributed by atoms with Crippen LogP contribution in [0.2, 0.25) is 0 Å². The molecular formula is C12H16FNO3. The van der Waals surface area contributed by atoms with Crippen LogP contribution in [0.4, 0.5) is 4.39 Å². The third kappa shape index (κ3) is 4.03. The van der Waals surface area contributed by atoms with Crippen molar-refractivity contribution in [2.45, 2.75) is 19.9 Å². The van der Waals surface area contributed by atoms with Gasteiger partial charge in [0.05, 0.1) is 6.61 Å². The Bertz CT molecular complexity index is 395. The van der Waals surface area contributed by atoms with Crippen molar-refractivity contribution in [3.05, 3.63) is 29.6 Å². The van der Waals surface area contributed by atoms with Gasteiger partial charge in [-0.15, -0.1) is 0 Å². The van der Waals surface area contributed by atoms with Gasteiger partial charge in [-0.05, 0) is 25.5 Å². The maximum atomic E-state index is 13.2. The molecule has 94 valence electrons. The van der Waals surface area contributed by atoms with Crippen molar-refractivity contribution in [2.75, 3.05) is 13.2 Å². The summed E-state index contributed by atoms with van der Waals surface area (Å²) in [6, 6.07) is 3.61. The van der Waals surface area contributed by atoms with Gasteiger partial charge in [-0.3, -0.25) is 4.79 Å². The van der Waals surface area contributed by atoms with Crippen LogP contribution in [-0.2, 0) is 9.53 Å². The van der Waals surface area contributed by atoms with E-state index in [1.165, 1.54) is 6.07 Å². The number of carbonyl (C=O) groups excluding carboxylic acids is 1. The molecule has 1 aromatic rings. The molecule has 0 spiro atoms. The molecule has 0 aliphatic rings. The second kappa shape index (κ2) is 6.20. The molecule has 0 aliphatic carbocycles. The number of hydrogen-bond donors (Lipinski definition) is 1. The quantitative estimate of drug-likeness (QED) is 0.792. The summed E-state index contributed by atoms with van der Waals surface area (Å²) in [7, 11) is 0. The van der Waals surface area contributed by atoms with Crippen LogP contribution in [0.3, 0.4) is 0 Å². The van der Waals surface area contributed by atoms with Crippen LogP contribution in [0.5, 0.6) is 5.75 Å². The van der Waals surface area contributed by atoms with Gasteiger partial charge in [0.25, 0.3) is 0 Å². The first kappa shape index (κ1) is 13.4. The van der Waals surface area contributed by atoms with Gasteiger partial charge in [-0.2, -0.15) is 0 Å². The Morgan fingerprint density at radius 1 is 1.53 bits per heavy atom. The normalized spacial score (nSPS) is 12.0. The highest BCUT2D eigenvalue weighted by atomic mass is 19.1. The lowest BCUT2D eigenvalue weighted by Gasteiger charge is -2.12. The molecule has 1 unspecified atom stereocenters. The van der Waals surface area contributed by atoms with Gasteiger partial charge in [0, 0.05) is 6.07 Å². The molecule has 1 atom stereocenters. The lowest BCUT2D eigenvalue weighted by molar-refractivity contribution is -0.145. The second-order valence-corrected chi connectivity index (χ2v) is 3.58. The fourth-order valence-electron chi connectivity index (χ4n) is 1.17. The van der Waals surface area contributed by atoms with E-state index in [0.29, 0.717) is 11.3 Å². The van der Waals surface area contributed by atoms with Crippen molar-refractivity contribution < 1.29 is 18.7 Å². The van der Waals surface area contributed by atoms with Crippen LogP contribution in [0.15, 0.2) is 18.2 Å². The van der Waals surface area contributed by atoms with Gasteiger partial charge in [0.15, 0.2) is 0 Å². The van der Waals surface area contributed by atoms with Crippen molar-refractivity contribution in [2.24, 2.45) is 5.73 Å². The Labute approximate surface area is 99.5 Å². The summed E-state index contributed by atoms with van der Waals surface area (Å²) in [5, 5.41) is 0. The summed E-state index contributed by atoms with van der Waals surface area (Å²) >= 11 is 0. The third-order valence-corrected chi connectivity index (χ3v) is 2.16. The summed E-state index contributed by atoms with van der Waals surface area (Å²) in [4.78, 5) is 11.2. The molecule has 5 heteroatoms. The van der Waals surface area contributed by atoms with E-state index in [-0.39, 0.29) is 19.0 Å². The number of esters is 1. The molecule has 0 saturated carbocycles. The Balaban J connectivity index is 2.50. The lowest BCUT2D eigenvalue weighted by atomic mass is 10.2. The van der Waals surface area contributed by atoms with Crippen molar-refractivity contribution in [1.29, 1.82) is 0 Å². The van der Waals surface area contributed by atoms with E-state index in [1.54, 1.807) is 26.0 Å². The van der Waals surface area contributed by atoms with E-state index in [2.05, 4.69) is 0 Å². The summed E-state index contributed by atoms with van der Waals surface area (Å²) in [6.45, 7) is 3.58. The zero-order chi connectivity index (χ0) is 12.8. The molecule has 0 saturated heterocycles. The van der Waals surface area contributed by atoms with Gasteiger partial charge in [-0.1, -0.05) is 6.07 Å². The molecule has 0 aromatic heterocycles. The molecule has 1 rings (SSSR count). The average Bonchev–Trinajstić information content (AvgIpc) is 2.30. The number of nitrogens with two attached hydrogens (primary N) is 1. The highest BCUT2D eigenvalue weighted by Gasteiger charge is 2.15. The molecule has 0 radical (unpaired) electrons. The Morgan fingerprint density at radius 2 is 2.24 bits per heavy atom. The molecule has 1 aromatic carbocycles. The van der Waals surface area contributed by atoms with Gasteiger partial charge >= 0.3 is 5.97 Å². The topological polar surface area (TPSA) is 61.5 Å². The first-order chi connectivity index (χ1) is 8.04. The van der Waals surface area contributed by atoms with Crippen LogP contribution >= 0.6 is 0 Å². The average molecular weight is 241 g/mol. The Morgan fingerprint density at radius 3 is 2.82 bits per heavy atom. The van der Waals surface area contributed by atoms with Crippen LogP contribution in [0.25, 0.3) is 0 Å². The van der Waals surface area contributed by atoms with Gasteiger partial charge < -0.3 is 15.2 Å². The van der Waals surface area contributed by atoms with Crippen LogP contribution < -0.4 is 10.5 Å². The van der Waals surface area contributed by atoms with E-state index in [4.69, 9.17) is 15.2 Å². The van der Waals surface area contributed by atoms with Crippen molar-refractivity contribution >= 4 is 5.97 Å². The molecule has 0 aliphatic heterocycles. The Kier molecular flexibility index (Phi) is 4.90. The monoisotopic (exact) mass is 241 g/mol. The number of halogens is 1. The lowest BCUT2D eigenvalue weighted by Crippen LogP contribution is -2.37. The van der Waals surface area contributed by atoms with E-state index in [1.807, 2.05) is 0 Å². The first-order valence-electron chi connectivity index (χ1n) is 5.35. The zero-order valence-corrected chi connectivity index (χ0v) is 9.90. The van der Waals surface area contributed by atoms with Crippen LogP contribution in [0, 0.1) is 12.7 Å². The predicted molar refractivity (Wildman–Crippen MR) is 61.2 cm³/mol. The predicted octanol–water partition coefficient (Wildman–Crippen LogP) is 1.40. The summed E-state index contributed by atoms with van der Waals surface area (Å²) in [6.07, 6.45) is 0. The molecule has 0 amide bonds. The van der Waals surface area contributed by atoms with Gasteiger partial charge in [0.1, 0.15) is 24.2 Å².